The minimum atomic E-state index is -0.473. The van der Waals surface area contributed by atoms with Gasteiger partial charge in [-0.2, -0.15) is 11.3 Å². The number of hydrogen-bond acceptors (Lipinski definition) is 7. The maximum atomic E-state index is 11.7. The van der Waals surface area contributed by atoms with Crippen molar-refractivity contribution in [2.45, 2.75) is 6.61 Å². The number of aromatic nitrogens is 1. The van der Waals surface area contributed by atoms with Gasteiger partial charge < -0.3 is 9.47 Å². The van der Waals surface area contributed by atoms with Crippen molar-refractivity contribution in [1.29, 1.82) is 0 Å². The van der Waals surface area contributed by atoms with Crippen LogP contribution in [0.25, 0.3) is 10.6 Å². The van der Waals surface area contributed by atoms with Crippen LogP contribution in [0.5, 0.6) is 5.75 Å². The first-order valence-electron chi connectivity index (χ1n) is 7.05. The zero-order chi connectivity index (χ0) is 16.8. The quantitative estimate of drug-likeness (QED) is 0.474. The van der Waals surface area contributed by atoms with Gasteiger partial charge in [-0.15, -0.1) is 11.3 Å². The highest BCUT2D eigenvalue weighted by molar-refractivity contribution is 7.14. The summed E-state index contributed by atoms with van der Waals surface area (Å²) in [4.78, 5) is 26.7. The van der Waals surface area contributed by atoms with Crippen LogP contribution in [0.3, 0.4) is 0 Å². The molecule has 2 aromatic heterocycles. The number of aldehydes is 1. The zero-order valence-electron chi connectivity index (χ0n) is 12.5. The summed E-state index contributed by atoms with van der Waals surface area (Å²) in [7, 11) is 0. The Balaban J connectivity index is 1.46. The Morgan fingerprint density at radius 2 is 2.00 bits per heavy atom. The molecule has 0 saturated carbocycles. The summed E-state index contributed by atoms with van der Waals surface area (Å²) in [6.07, 6.45) is 0.746. The van der Waals surface area contributed by atoms with Gasteiger partial charge in [0.05, 0.1) is 5.69 Å². The van der Waals surface area contributed by atoms with Crippen molar-refractivity contribution in [3.05, 3.63) is 57.7 Å². The van der Waals surface area contributed by atoms with Crippen LogP contribution in [-0.4, -0.2) is 23.8 Å². The summed E-state index contributed by atoms with van der Waals surface area (Å²) in [5.74, 6) is 0.0329. The van der Waals surface area contributed by atoms with Gasteiger partial charge in [-0.3, -0.25) is 4.79 Å². The molecule has 0 radical (unpaired) electrons. The first-order valence-corrected chi connectivity index (χ1v) is 8.87. The van der Waals surface area contributed by atoms with E-state index in [0.29, 0.717) is 17.0 Å². The average molecular weight is 359 g/mol. The van der Waals surface area contributed by atoms with Crippen molar-refractivity contribution in [3.63, 3.8) is 0 Å². The van der Waals surface area contributed by atoms with E-state index < -0.39 is 5.97 Å². The molecule has 0 saturated heterocycles. The van der Waals surface area contributed by atoms with Crippen LogP contribution in [0.15, 0.2) is 46.5 Å². The van der Waals surface area contributed by atoms with E-state index in [1.54, 1.807) is 35.6 Å². The number of esters is 1. The molecular formula is C17H13NO4S2. The third-order valence-corrected chi connectivity index (χ3v) is 4.70. The summed E-state index contributed by atoms with van der Waals surface area (Å²) in [5, 5.41) is 6.81. The second-order valence-corrected chi connectivity index (χ2v) is 6.43. The van der Waals surface area contributed by atoms with Crippen molar-refractivity contribution >= 4 is 34.9 Å². The summed E-state index contributed by atoms with van der Waals surface area (Å²) in [6, 6.07) is 8.50. The van der Waals surface area contributed by atoms with Gasteiger partial charge in [0, 0.05) is 21.9 Å². The van der Waals surface area contributed by atoms with Gasteiger partial charge in [0.2, 0.25) is 0 Å². The fraction of sp³-hybridized carbons (Fsp3) is 0.118. The summed E-state index contributed by atoms with van der Waals surface area (Å²) in [5.41, 5.74) is 2.34. The highest BCUT2D eigenvalue weighted by Gasteiger charge is 2.09. The van der Waals surface area contributed by atoms with Crippen LogP contribution in [0, 0.1) is 0 Å². The fourth-order valence-electron chi connectivity index (χ4n) is 1.87. The Bertz CT molecular complexity index is 810. The van der Waals surface area contributed by atoms with Crippen molar-refractivity contribution < 1.29 is 19.1 Å². The summed E-state index contributed by atoms with van der Waals surface area (Å²) < 4.78 is 10.5. The van der Waals surface area contributed by atoms with Crippen molar-refractivity contribution in [2.75, 3.05) is 6.61 Å². The Kier molecular flexibility index (Phi) is 5.35. The van der Waals surface area contributed by atoms with E-state index in [4.69, 9.17) is 9.47 Å². The summed E-state index contributed by atoms with van der Waals surface area (Å²) >= 11 is 3.13. The first kappa shape index (κ1) is 16.4. The van der Waals surface area contributed by atoms with Crippen LogP contribution in [0.1, 0.15) is 16.1 Å². The third kappa shape index (κ3) is 4.27. The molecule has 0 spiro atoms. The molecule has 0 unspecified atom stereocenters. The highest BCUT2D eigenvalue weighted by atomic mass is 32.1. The van der Waals surface area contributed by atoms with Crippen LogP contribution in [-0.2, 0) is 16.1 Å². The van der Waals surface area contributed by atoms with Crippen molar-refractivity contribution in [2.24, 2.45) is 0 Å². The third-order valence-electron chi connectivity index (χ3n) is 3.07. The van der Waals surface area contributed by atoms with E-state index >= 15 is 0 Å². The lowest BCUT2D eigenvalue weighted by atomic mass is 10.2. The molecule has 24 heavy (non-hydrogen) atoms. The number of benzene rings is 1. The van der Waals surface area contributed by atoms with E-state index in [0.717, 1.165) is 16.9 Å². The molecule has 7 heteroatoms. The van der Waals surface area contributed by atoms with E-state index in [2.05, 4.69) is 4.98 Å². The van der Waals surface area contributed by atoms with Crippen LogP contribution < -0.4 is 4.74 Å². The van der Waals surface area contributed by atoms with Gasteiger partial charge in [0.15, 0.2) is 6.61 Å². The minimum Gasteiger partial charge on any atom is -0.482 e. The number of rotatable bonds is 7. The lowest BCUT2D eigenvalue weighted by Crippen LogP contribution is -2.14. The Labute approximate surface area is 146 Å². The smallest absolute Gasteiger partial charge is 0.344 e. The van der Waals surface area contributed by atoms with Crippen LogP contribution in [0.4, 0.5) is 0 Å². The number of hydrogen-bond donors (Lipinski definition) is 0. The Morgan fingerprint density at radius 3 is 2.71 bits per heavy atom. The standard InChI is InChI=1S/C17H13NO4S2/c19-7-12-1-3-15(4-2-12)21-9-16(20)22-8-14-11-24-17(18-14)13-5-6-23-10-13/h1-7,10-11H,8-9H2. The molecule has 5 nitrogen and oxygen atoms in total. The second kappa shape index (κ2) is 7.85. The van der Waals surface area contributed by atoms with Gasteiger partial charge in [-0.1, -0.05) is 0 Å². The molecule has 0 N–H and O–H groups in total. The summed E-state index contributed by atoms with van der Waals surface area (Å²) in [6.45, 7) is -0.0745. The maximum absolute atomic E-state index is 11.7. The molecule has 3 aromatic rings. The van der Waals surface area contributed by atoms with Crippen LogP contribution >= 0.6 is 22.7 Å². The monoisotopic (exact) mass is 359 g/mol. The molecule has 0 aliphatic heterocycles. The lowest BCUT2D eigenvalue weighted by Gasteiger charge is -2.06. The number of thiazole rings is 1. The fourth-order valence-corrected chi connectivity index (χ4v) is 3.39. The lowest BCUT2D eigenvalue weighted by molar-refractivity contribution is -0.147. The number of nitrogens with zero attached hydrogens (tertiary/aromatic N) is 1. The predicted octanol–water partition coefficient (Wildman–Crippen LogP) is 3.81. The topological polar surface area (TPSA) is 65.5 Å². The van der Waals surface area contributed by atoms with E-state index in [9.17, 15) is 9.59 Å². The number of carbonyl (C=O) groups is 2. The number of ether oxygens (including phenoxy) is 2. The molecule has 0 atom stereocenters. The molecule has 1 aromatic carbocycles. The first-order chi connectivity index (χ1) is 11.7. The van der Waals surface area contributed by atoms with Crippen molar-refractivity contribution in [1.82, 2.24) is 4.98 Å². The molecule has 0 bridgehead atoms. The number of carbonyl (C=O) groups excluding carboxylic acids is 2. The molecule has 0 aliphatic rings. The normalized spacial score (nSPS) is 10.3. The van der Waals surface area contributed by atoms with Gasteiger partial charge in [-0.25, -0.2) is 9.78 Å². The van der Waals surface area contributed by atoms with Gasteiger partial charge >= 0.3 is 5.97 Å². The molecule has 2 heterocycles. The molecule has 122 valence electrons. The second-order valence-electron chi connectivity index (χ2n) is 4.79. The van der Waals surface area contributed by atoms with E-state index in [1.165, 1.54) is 11.3 Å². The van der Waals surface area contributed by atoms with Crippen molar-refractivity contribution in [3.8, 4) is 16.3 Å². The Morgan fingerprint density at radius 1 is 1.17 bits per heavy atom. The zero-order valence-corrected chi connectivity index (χ0v) is 14.1. The maximum Gasteiger partial charge on any atom is 0.344 e. The van der Waals surface area contributed by atoms with E-state index in [-0.39, 0.29) is 13.2 Å². The average Bonchev–Trinajstić information content (AvgIpc) is 3.29. The van der Waals surface area contributed by atoms with Crippen LogP contribution in [0.2, 0.25) is 0 Å². The molecule has 0 aliphatic carbocycles. The van der Waals surface area contributed by atoms with Gasteiger partial charge in [0.1, 0.15) is 23.7 Å². The number of thiophene rings is 1. The Hall–Kier alpha value is -2.51. The molecule has 3 rings (SSSR count). The van der Waals surface area contributed by atoms with Gasteiger partial charge in [0.25, 0.3) is 0 Å². The molecule has 0 amide bonds. The predicted molar refractivity (Wildman–Crippen MR) is 92.5 cm³/mol. The minimum absolute atomic E-state index is 0.118. The molecular weight excluding hydrogens is 346 g/mol. The SMILES string of the molecule is O=Cc1ccc(OCC(=O)OCc2csc(-c3ccsc3)n2)cc1. The molecule has 0 fully saturated rings. The van der Waals surface area contributed by atoms with Gasteiger partial charge in [-0.05, 0) is 35.7 Å². The highest BCUT2D eigenvalue weighted by Crippen LogP contribution is 2.25. The largest absolute Gasteiger partial charge is 0.482 e. The van der Waals surface area contributed by atoms with E-state index in [1.807, 2.05) is 22.2 Å².